The quantitative estimate of drug-likeness (QED) is 0.849. The summed E-state index contributed by atoms with van der Waals surface area (Å²) in [6.45, 7) is 0.727. The van der Waals surface area contributed by atoms with E-state index in [2.05, 4.69) is 15.9 Å². The fourth-order valence-electron chi connectivity index (χ4n) is 1.49. The summed E-state index contributed by atoms with van der Waals surface area (Å²) < 4.78 is 16.8. The van der Waals surface area contributed by atoms with E-state index < -0.39 is 6.10 Å². The number of benzene rings is 1. The van der Waals surface area contributed by atoms with Crippen LogP contribution in [0.4, 0.5) is 0 Å². The van der Waals surface area contributed by atoms with Crippen molar-refractivity contribution in [2.75, 3.05) is 13.2 Å². The van der Waals surface area contributed by atoms with E-state index in [4.69, 9.17) is 13.9 Å². The lowest BCUT2D eigenvalue weighted by Gasteiger charge is -2.13. The topological polar surface area (TPSA) is 51.8 Å². The molecule has 1 unspecified atom stereocenters. The van der Waals surface area contributed by atoms with Crippen LogP contribution in [0.5, 0.6) is 5.75 Å². The molecule has 0 radical (unpaired) electrons. The molecule has 1 N–H and O–H groups in total. The van der Waals surface area contributed by atoms with Crippen molar-refractivity contribution >= 4 is 15.9 Å². The Kier molecular flexibility index (Phi) is 5.44. The van der Waals surface area contributed by atoms with Gasteiger partial charge in [0.05, 0.1) is 17.3 Å². The van der Waals surface area contributed by atoms with E-state index in [0.717, 1.165) is 10.2 Å². The summed E-state index contributed by atoms with van der Waals surface area (Å²) in [5, 5.41) is 9.73. The molecule has 1 aromatic heterocycles. The fourth-order valence-corrected chi connectivity index (χ4v) is 1.89. The van der Waals surface area contributed by atoms with Gasteiger partial charge < -0.3 is 19.0 Å². The molecule has 0 spiro atoms. The van der Waals surface area contributed by atoms with Gasteiger partial charge in [-0.3, -0.25) is 0 Å². The molecule has 1 heterocycles. The van der Waals surface area contributed by atoms with Crippen molar-refractivity contribution in [1.82, 2.24) is 0 Å². The fraction of sp³-hybridized carbons (Fsp3) is 0.286. The van der Waals surface area contributed by atoms with E-state index in [9.17, 15) is 5.11 Å². The van der Waals surface area contributed by atoms with Crippen molar-refractivity contribution in [3.63, 3.8) is 0 Å². The van der Waals surface area contributed by atoms with Crippen molar-refractivity contribution in [2.45, 2.75) is 12.7 Å². The average Bonchev–Trinajstić information content (AvgIpc) is 2.91. The van der Waals surface area contributed by atoms with Gasteiger partial charge in [-0.05, 0) is 40.2 Å². The second-order valence-electron chi connectivity index (χ2n) is 3.99. The summed E-state index contributed by atoms with van der Waals surface area (Å²) in [6.07, 6.45) is 0.910. The lowest BCUT2D eigenvalue weighted by atomic mass is 10.3. The van der Waals surface area contributed by atoms with Crippen LogP contribution in [0.1, 0.15) is 5.76 Å². The highest BCUT2D eigenvalue weighted by Gasteiger charge is 2.07. The van der Waals surface area contributed by atoms with Gasteiger partial charge in [-0.15, -0.1) is 0 Å². The predicted octanol–water partition coefficient (Wildman–Crippen LogP) is 3.00. The molecule has 1 aromatic carbocycles. The molecule has 102 valence electrons. The Morgan fingerprint density at radius 3 is 2.74 bits per heavy atom. The molecule has 0 bridgehead atoms. The average molecular weight is 327 g/mol. The van der Waals surface area contributed by atoms with Crippen molar-refractivity contribution in [1.29, 1.82) is 0 Å². The SMILES string of the molecule is OC(COCc1ccco1)COc1ccccc1Br. The summed E-state index contributed by atoms with van der Waals surface area (Å²) in [6, 6.07) is 11.1. The maximum atomic E-state index is 9.73. The van der Waals surface area contributed by atoms with E-state index in [1.807, 2.05) is 30.3 Å². The third-order valence-corrected chi connectivity index (χ3v) is 3.06. The Morgan fingerprint density at radius 2 is 2.00 bits per heavy atom. The Balaban J connectivity index is 1.67. The number of halogens is 1. The minimum absolute atomic E-state index is 0.181. The third kappa shape index (κ3) is 4.70. The molecule has 0 fully saturated rings. The summed E-state index contributed by atoms with van der Waals surface area (Å²) in [7, 11) is 0. The molecule has 2 aromatic rings. The van der Waals surface area contributed by atoms with Crippen LogP contribution >= 0.6 is 15.9 Å². The third-order valence-electron chi connectivity index (χ3n) is 2.40. The first-order valence-electron chi connectivity index (χ1n) is 5.91. The molecule has 2 rings (SSSR count). The lowest BCUT2D eigenvalue weighted by Crippen LogP contribution is -2.23. The predicted molar refractivity (Wildman–Crippen MR) is 74.0 cm³/mol. The van der Waals surface area contributed by atoms with E-state index >= 15 is 0 Å². The second kappa shape index (κ2) is 7.33. The zero-order valence-electron chi connectivity index (χ0n) is 10.3. The molecule has 4 nitrogen and oxygen atoms in total. The summed E-state index contributed by atoms with van der Waals surface area (Å²) >= 11 is 3.37. The monoisotopic (exact) mass is 326 g/mol. The molecular weight excluding hydrogens is 312 g/mol. The number of para-hydroxylation sites is 1. The van der Waals surface area contributed by atoms with E-state index in [0.29, 0.717) is 12.4 Å². The zero-order valence-corrected chi connectivity index (χ0v) is 11.9. The number of aliphatic hydroxyl groups excluding tert-OH is 1. The van der Waals surface area contributed by atoms with E-state index in [1.54, 1.807) is 12.3 Å². The van der Waals surface area contributed by atoms with Crippen LogP contribution in [-0.2, 0) is 11.3 Å². The first kappa shape index (κ1) is 14.1. The van der Waals surface area contributed by atoms with Crippen LogP contribution in [0.3, 0.4) is 0 Å². The zero-order chi connectivity index (χ0) is 13.5. The molecule has 0 amide bonds. The van der Waals surface area contributed by atoms with Crippen molar-refractivity contribution in [3.8, 4) is 5.75 Å². The number of furan rings is 1. The number of rotatable bonds is 7. The number of aliphatic hydroxyl groups is 1. The number of hydrogen-bond donors (Lipinski definition) is 1. The standard InChI is InChI=1S/C14H15BrO4/c15-13-5-1-2-6-14(13)19-9-11(16)8-17-10-12-4-3-7-18-12/h1-7,11,16H,8-10H2. The summed E-state index contributed by atoms with van der Waals surface area (Å²) in [5.74, 6) is 1.44. The Labute approximate surface area is 120 Å². The van der Waals surface area contributed by atoms with Crippen LogP contribution in [0.15, 0.2) is 51.6 Å². The molecule has 0 saturated heterocycles. The normalized spacial score (nSPS) is 12.3. The molecule has 0 aliphatic carbocycles. The molecular formula is C14H15BrO4. The summed E-state index contributed by atoms with van der Waals surface area (Å²) in [5.41, 5.74) is 0. The Bertz CT molecular complexity index is 484. The van der Waals surface area contributed by atoms with Crippen LogP contribution in [0.2, 0.25) is 0 Å². The second-order valence-corrected chi connectivity index (χ2v) is 4.84. The molecule has 5 heteroatoms. The van der Waals surface area contributed by atoms with Crippen LogP contribution in [0, 0.1) is 0 Å². The van der Waals surface area contributed by atoms with Gasteiger partial charge in [-0.2, -0.15) is 0 Å². The number of hydrogen-bond acceptors (Lipinski definition) is 4. The van der Waals surface area contributed by atoms with Crippen LogP contribution < -0.4 is 4.74 Å². The summed E-state index contributed by atoms with van der Waals surface area (Å²) in [4.78, 5) is 0. The molecule has 0 aliphatic rings. The van der Waals surface area contributed by atoms with E-state index in [1.165, 1.54) is 0 Å². The van der Waals surface area contributed by atoms with Crippen molar-refractivity contribution in [3.05, 3.63) is 52.9 Å². The van der Waals surface area contributed by atoms with Gasteiger partial charge >= 0.3 is 0 Å². The van der Waals surface area contributed by atoms with Crippen LogP contribution in [0.25, 0.3) is 0 Å². The minimum atomic E-state index is -0.679. The highest BCUT2D eigenvalue weighted by atomic mass is 79.9. The van der Waals surface area contributed by atoms with Crippen molar-refractivity contribution in [2.24, 2.45) is 0 Å². The molecule has 19 heavy (non-hydrogen) atoms. The van der Waals surface area contributed by atoms with Gasteiger partial charge in [0.15, 0.2) is 0 Å². The number of ether oxygens (including phenoxy) is 2. The lowest BCUT2D eigenvalue weighted by molar-refractivity contribution is 0.000758. The van der Waals surface area contributed by atoms with Gasteiger partial charge in [0, 0.05) is 0 Å². The van der Waals surface area contributed by atoms with Gasteiger partial charge in [0.25, 0.3) is 0 Å². The van der Waals surface area contributed by atoms with Gasteiger partial charge in [-0.1, -0.05) is 12.1 Å². The Morgan fingerprint density at radius 1 is 1.16 bits per heavy atom. The first-order valence-corrected chi connectivity index (χ1v) is 6.70. The molecule has 0 aliphatic heterocycles. The smallest absolute Gasteiger partial charge is 0.133 e. The van der Waals surface area contributed by atoms with Gasteiger partial charge in [0.1, 0.15) is 30.8 Å². The Hall–Kier alpha value is -1.30. The minimum Gasteiger partial charge on any atom is -0.490 e. The first-order chi connectivity index (χ1) is 9.25. The van der Waals surface area contributed by atoms with Gasteiger partial charge in [0.2, 0.25) is 0 Å². The largest absolute Gasteiger partial charge is 0.490 e. The molecule has 1 atom stereocenters. The maximum Gasteiger partial charge on any atom is 0.133 e. The maximum absolute atomic E-state index is 9.73. The highest BCUT2D eigenvalue weighted by molar-refractivity contribution is 9.10. The molecule has 0 saturated carbocycles. The van der Waals surface area contributed by atoms with Crippen molar-refractivity contribution < 1.29 is 19.0 Å². The van der Waals surface area contributed by atoms with Crippen LogP contribution in [-0.4, -0.2) is 24.4 Å². The highest BCUT2D eigenvalue weighted by Crippen LogP contribution is 2.23. The van der Waals surface area contributed by atoms with Gasteiger partial charge in [-0.25, -0.2) is 0 Å². The van der Waals surface area contributed by atoms with E-state index in [-0.39, 0.29) is 13.2 Å².